The number of piperidine rings is 1. The molecular formula is C11H20N2. The van der Waals surface area contributed by atoms with Crippen LogP contribution in [0.2, 0.25) is 0 Å². The van der Waals surface area contributed by atoms with Gasteiger partial charge in [0.05, 0.1) is 0 Å². The van der Waals surface area contributed by atoms with E-state index in [0.717, 1.165) is 11.3 Å². The van der Waals surface area contributed by atoms with Crippen molar-refractivity contribution in [1.29, 1.82) is 0 Å². The zero-order valence-electron chi connectivity index (χ0n) is 8.39. The van der Waals surface area contributed by atoms with Crippen LogP contribution in [0.25, 0.3) is 0 Å². The molecule has 2 nitrogen and oxygen atoms in total. The van der Waals surface area contributed by atoms with Gasteiger partial charge < -0.3 is 10.2 Å². The molecule has 2 heteroatoms. The van der Waals surface area contributed by atoms with Crippen molar-refractivity contribution in [2.24, 2.45) is 11.3 Å². The Balaban J connectivity index is 1.42. The second-order valence-corrected chi connectivity index (χ2v) is 5.36. The predicted molar refractivity (Wildman–Crippen MR) is 53.7 cm³/mol. The van der Waals surface area contributed by atoms with E-state index in [9.17, 15) is 0 Å². The summed E-state index contributed by atoms with van der Waals surface area (Å²) in [4.78, 5) is 2.68. The van der Waals surface area contributed by atoms with Crippen molar-refractivity contribution >= 4 is 0 Å². The molecular weight excluding hydrogens is 160 g/mol. The van der Waals surface area contributed by atoms with Crippen molar-refractivity contribution in [2.75, 3.05) is 32.7 Å². The first kappa shape index (κ1) is 8.25. The molecule has 3 aliphatic rings. The maximum atomic E-state index is 3.43. The monoisotopic (exact) mass is 180 g/mol. The maximum Gasteiger partial charge on any atom is 0.00506 e. The highest BCUT2D eigenvalue weighted by molar-refractivity contribution is 5.05. The van der Waals surface area contributed by atoms with Crippen LogP contribution >= 0.6 is 0 Å². The molecule has 0 aromatic heterocycles. The highest BCUT2D eigenvalue weighted by Gasteiger charge is 2.52. The van der Waals surface area contributed by atoms with Crippen LogP contribution in [-0.2, 0) is 0 Å². The molecule has 3 rings (SSSR count). The summed E-state index contributed by atoms with van der Waals surface area (Å²) in [6.45, 7) is 6.75. The highest BCUT2D eigenvalue weighted by Crippen LogP contribution is 2.52. The van der Waals surface area contributed by atoms with Gasteiger partial charge in [0.25, 0.3) is 0 Å². The summed E-state index contributed by atoms with van der Waals surface area (Å²) in [6, 6.07) is 0. The van der Waals surface area contributed by atoms with Gasteiger partial charge in [0, 0.05) is 19.6 Å². The third kappa shape index (κ3) is 1.62. The van der Waals surface area contributed by atoms with Crippen LogP contribution < -0.4 is 5.32 Å². The molecule has 1 spiro atoms. The van der Waals surface area contributed by atoms with Gasteiger partial charge in [0.15, 0.2) is 0 Å². The average Bonchev–Trinajstić information content (AvgIpc) is 2.86. The van der Waals surface area contributed by atoms with E-state index >= 15 is 0 Å². The molecule has 2 heterocycles. The van der Waals surface area contributed by atoms with Crippen LogP contribution in [0.15, 0.2) is 0 Å². The van der Waals surface area contributed by atoms with E-state index in [4.69, 9.17) is 0 Å². The fourth-order valence-corrected chi connectivity index (χ4v) is 2.95. The Morgan fingerprint density at radius 3 is 2.46 bits per heavy atom. The fourth-order valence-electron chi connectivity index (χ4n) is 2.95. The molecule has 3 fully saturated rings. The van der Waals surface area contributed by atoms with Crippen LogP contribution in [0.4, 0.5) is 0 Å². The SMILES string of the molecule is C1CC(CN2CC3(CC3)C2)CCN1. The van der Waals surface area contributed by atoms with Gasteiger partial charge in [0.2, 0.25) is 0 Å². The number of hydrogen-bond donors (Lipinski definition) is 1. The number of likely N-dealkylation sites (tertiary alicyclic amines) is 1. The lowest BCUT2D eigenvalue weighted by molar-refractivity contribution is 0.0585. The van der Waals surface area contributed by atoms with Gasteiger partial charge in [-0.15, -0.1) is 0 Å². The molecule has 1 aliphatic carbocycles. The fraction of sp³-hybridized carbons (Fsp3) is 1.00. The summed E-state index contributed by atoms with van der Waals surface area (Å²) >= 11 is 0. The first-order valence-electron chi connectivity index (χ1n) is 5.79. The van der Waals surface area contributed by atoms with E-state index in [1.165, 1.54) is 58.4 Å². The molecule has 0 aromatic rings. The minimum atomic E-state index is 0.854. The molecule has 0 aromatic carbocycles. The van der Waals surface area contributed by atoms with Gasteiger partial charge >= 0.3 is 0 Å². The molecule has 13 heavy (non-hydrogen) atoms. The van der Waals surface area contributed by atoms with E-state index < -0.39 is 0 Å². The van der Waals surface area contributed by atoms with Gasteiger partial charge in [-0.05, 0) is 50.1 Å². The Morgan fingerprint density at radius 2 is 1.85 bits per heavy atom. The van der Waals surface area contributed by atoms with E-state index in [0.29, 0.717) is 0 Å². The molecule has 1 N–H and O–H groups in total. The van der Waals surface area contributed by atoms with Crippen molar-refractivity contribution in [2.45, 2.75) is 25.7 Å². The van der Waals surface area contributed by atoms with Gasteiger partial charge in [-0.2, -0.15) is 0 Å². The lowest BCUT2D eigenvalue weighted by Gasteiger charge is -2.42. The van der Waals surface area contributed by atoms with E-state index in [2.05, 4.69) is 10.2 Å². The van der Waals surface area contributed by atoms with Gasteiger partial charge in [0.1, 0.15) is 0 Å². The Kier molecular flexibility index (Phi) is 1.88. The summed E-state index contributed by atoms with van der Waals surface area (Å²) < 4.78 is 0. The number of nitrogens with one attached hydrogen (secondary N) is 1. The van der Waals surface area contributed by atoms with Crippen LogP contribution in [0.1, 0.15) is 25.7 Å². The van der Waals surface area contributed by atoms with Crippen molar-refractivity contribution in [1.82, 2.24) is 10.2 Å². The molecule has 1 saturated carbocycles. The predicted octanol–water partition coefficient (Wildman–Crippen LogP) is 1.08. The minimum Gasteiger partial charge on any atom is -0.317 e. The van der Waals surface area contributed by atoms with Gasteiger partial charge in [-0.25, -0.2) is 0 Å². The quantitative estimate of drug-likeness (QED) is 0.684. The first-order chi connectivity index (χ1) is 6.36. The zero-order valence-corrected chi connectivity index (χ0v) is 8.39. The molecule has 0 unspecified atom stereocenters. The van der Waals surface area contributed by atoms with Crippen LogP contribution in [0, 0.1) is 11.3 Å². The Morgan fingerprint density at radius 1 is 1.15 bits per heavy atom. The summed E-state index contributed by atoms with van der Waals surface area (Å²) in [5, 5.41) is 3.43. The van der Waals surface area contributed by atoms with E-state index in [1.807, 2.05) is 0 Å². The van der Waals surface area contributed by atoms with Crippen LogP contribution in [0.5, 0.6) is 0 Å². The molecule has 2 aliphatic heterocycles. The standard InChI is InChI=1S/C11H20N2/c1-5-12-6-2-10(1)7-13-8-11(9-13)3-4-11/h10,12H,1-9H2. The van der Waals surface area contributed by atoms with Crippen molar-refractivity contribution in [3.63, 3.8) is 0 Å². The van der Waals surface area contributed by atoms with Gasteiger partial charge in [-0.3, -0.25) is 0 Å². The largest absolute Gasteiger partial charge is 0.317 e. The van der Waals surface area contributed by atoms with Crippen LogP contribution in [0.3, 0.4) is 0 Å². The smallest absolute Gasteiger partial charge is 0.00506 e. The third-order valence-electron chi connectivity index (χ3n) is 4.05. The zero-order chi connectivity index (χ0) is 8.73. The second-order valence-electron chi connectivity index (χ2n) is 5.36. The normalized spacial score (nSPS) is 33.2. The van der Waals surface area contributed by atoms with Crippen molar-refractivity contribution < 1.29 is 0 Å². The van der Waals surface area contributed by atoms with Crippen LogP contribution in [-0.4, -0.2) is 37.6 Å². The Labute approximate surface area is 80.7 Å². The van der Waals surface area contributed by atoms with Gasteiger partial charge in [-0.1, -0.05) is 0 Å². The molecule has 2 saturated heterocycles. The maximum absolute atomic E-state index is 3.43. The lowest BCUT2D eigenvalue weighted by atomic mass is 9.91. The third-order valence-corrected chi connectivity index (χ3v) is 4.05. The minimum absolute atomic E-state index is 0.854. The number of hydrogen-bond acceptors (Lipinski definition) is 2. The first-order valence-corrected chi connectivity index (χ1v) is 5.79. The summed E-state index contributed by atoms with van der Waals surface area (Å²) in [7, 11) is 0. The van der Waals surface area contributed by atoms with E-state index in [-0.39, 0.29) is 0 Å². The second kappa shape index (κ2) is 2.96. The van der Waals surface area contributed by atoms with Crippen molar-refractivity contribution in [3.8, 4) is 0 Å². The summed E-state index contributed by atoms with van der Waals surface area (Å²) in [5.74, 6) is 0.998. The topological polar surface area (TPSA) is 15.3 Å². The Bertz CT molecular complexity index is 184. The number of nitrogens with zero attached hydrogens (tertiary/aromatic N) is 1. The molecule has 74 valence electrons. The van der Waals surface area contributed by atoms with Crippen molar-refractivity contribution in [3.05, 3.63) is 0 Å². The lowest BCUT2D eigenvalue weighted by Crippen LogP contribution is -2.51. The summed E-state index contributed by atoms with van der Waals surface area (Å²) in [5.41, 5.74) is 0.854. The molecule has 0 atom stereocenters. The summed E-state index contributed by atoms with van der Waals surface area (Å²) in [6.07, 6.45) is 5.86. The molecule has 0 amide bonds. The average molecular weight is 180 g/mol. The van der Waals surface area contributed by atoms with E-state index in [1.54, 1.807) is 0 Å². The Hall–Kier alpha value is -0.0800. The molecule has 0 radical (unpaired) electrons. The molecule has 0 bridgehead atoms. The highest BCUT2D eigenvalue weighted by atomic mass is 15.2. The number of rotatable bonds is 2.